The van der Waals surface area contributed by atoms with E-state index in [0.29, 0.717) is 54.0 Å². The number of halogens is 2. The summed E-state index contributed by atoms with van der Waals surface area (Å²) in [4.78, 5) is 28.2. The Balaban J connectivity index is 1.53. The van der Waals surface area contributed by atoms with Crippen molar-refractivity contribution >= 4 is 35.0 Å². The van der Waals surface area contributed by atoms with Crippen molar-refractivity contribution in [3.8, 4) is 5.75 Å². The van der Waals surface area contributed by atoms with E-state index in [9.17, 15) is 9.59 Å². The van der Waals surface area contributed by atoms with Crippen molar-refractivity contribution in [2.45, 2.75) is 6.42 Å². The first-order valence-corrected chi connectivity index (χ1v) is 8.97. The van der Waals surface area contributed by atoms with Crippen LogP contribution in [0, 0.1) is 0 Å². The third-order valence-electron chi connectivity index (χ3n) is 4.15. The van der Waals surface area contributed by atoms with E-state index in [0.717, 1.165) is 0 Å². The van der Waals surface area contributed by atoms with Crippen LogP contribution in [0.5, 0.6) is 5.75 Å². The fourth-order valence-electron chi connectivity index (χ4n) is 2.76. The molecule has 2 aromatic rings. The molecule has 0 aliphatic carbocycles. The number of hydrogen-bond acceptors (Lipinski definition) is 4. The van der Waals surface area contributed by atoms with Gasteiger partial charge in [0.05, 0.1) is 16.8 Å². The van der Waals surface area contributed by atoms with Gasteiger partial charge < -0.3 is 19.0 Å². The number of nitrogens with zero attached hydrogens (tertiary/aromatic N) is 2. The van der Waals surface area contributed by atoms with Crippen LogP contribution in [-0.2, 0) is 4.79 Å². The van der Waals surface area contributed by atoms with Crippen LogP contribution in [-0.4, -0.2) is 54.4 Å². The molecule has 1 aliphatic heterocycles. The molecular formula is C18H18Cl2N2O4. The van der Waals surface area contributed by atoms with Crippen LogP contribution in [0.25, 0.3) is 0 Å². The van der Waals surface area contributed by atoms with E-state index in [-0.39, 0.29) is 18.4 Å². The van der Waals surface area contributed by atoms with Crippen molar-refractivity contribution in [1.29, 1.82) is 0 Å². The molecule has 6 nitrogen and oxygen atoms in total. The number of rotatable bonds is 4. The highest BCUT2D eigenvalue weighted by Crippen LogP contribution is 2.27. The van der Waals surface area contributed by atoms with E-state index < -0.39 is 0 Å². The Morgan fingerprint density at radius 1 is 1.08 bits per heavy atom. The van der Waals surface area contributed by atoms with Crippen molar-refractivity contribution in [2.24, 2.45) is 0 Å². The van der Waals surface area contributed by atoms with Gasteiger partial charge in [-0.3, -0.25) is 9.59 Å². The van der Waals surface area contributed by atoms with Crippen LogP contribution in [0.2, 0.25) is 10.0 Å². The minimum absolute atomic E-state index is 0.0859. The van der Waals surface area contributed by atoms with E-state index in [2.05, 4.69) is 0 Å². The molecule has 2 heterocycles. The third-order valence-corrected chi connectivity index (χ3v) is 4.68. The van der Waals surface area contributed by atoms with Crippen LogP contribution in [0.3, 0.4) is 0 Å². The molecule has 0 radical (unpaired) electrons. The maximum Gasteiger partial charge on any atom is 0.260 e. The van der Waals surface area contributed by atoms with E-state index >= 15 is 0 Å². The number of hydrogen-bond donors (Lipinski definition) is 0. The molecule has 1 fully saturated rings. The molecule has 0 bridgehead atoms. The van der Waals surface area contributed by atoms with Crippen LogP contribution < -0.4 is 4.74 Å². The van der Waals surface area contributed by atoms with Crippen molar-refractivity contribution in [3.05, 3.63) is 52.4 Å². The minimum atomic E-state index is -0.145. The normalized spacial score (nSPS) is 14.8. The topological polar surface area (TPSA) is 63.0 Å². The first kappa shape index (κ1) is 18.6. The van der Waals surface area contributed by atoms with Gasteiger partial charge in [-0.15, -0.1) is 0 Å². The second-order valence-electron chi connectivity index (χ2n) is 5.90. The van der Waals surface area contributed by atoms with Gasteiger partial charge in [-0.25, -0.2) is 0 Å². The largest absolute Gasteiger partial charge is 0.482 e. The molecular weight excluding hydrogens is 379 g/mol. The predicted octanol–water partition coefficient (Wildman–Crippen LogP) is 3.34. The summed E-state index contributed by atoms with van der Waals surface area (Å²) >= 11 is 11.9. The highest BCUT2D eigenvalue weighted by Gasteiger charge is 2.23. The summed E-state index contributed by atoms with van der Waals surface area (Å²) in [6, 6.07) is 6.48. The smallest absolute Gasteiger partial charge is 0.260 e. The van der Waals surface area contributed by atoms with E-state index in [1.165, 1.54) is 12.5 Å². The monoisotopic (exact) mass is 396 g/mol. The molecule has 1 aliphatic rings. The highest BCUT2D eigenvalue weighted by molar-refractivity contribution is 6.35. The summed E-state index contributed by atoms with van der Waals surface area (Å²) in [5, 5.41) is 0.863. The zero-order chi connectivity index (χ0) is 18.5. The Morgan fingerprint density at radius 3 is 2.58 bits per heavy atom. The van der Waals surface area contributed by atoms with Gasteiger partial charge in [0.25, 0.3) is 11.8 Å². The lowest BCUT2D eigenvalue weighted by Gasteiger charge is -2.22. The van der Waals surface area contributed by atoms with Gasteiger partial charge in [0.15, 0.2) is 6.61 Å². The Bertz CT molecular complexity index is 780. The lowest BCUT2D eigenvalue weighted by molar-refractivity contribution is -0.133. The summed E-state index contributed by atoms with van der Waals surface area (Å²) in [6.07, 6.45) is 3.61. The molecule has 3 rings (SSSR count). The quantitative estimate of drug-likeness (QED) is 0.794. The number of ether oxygens (including phenoxy) is 1. The minimum Gasteiger partial charge on any atom is -0.482 e. The first-order chi connectivity index (χ1) is 12.5. The summed E-state index contributed by atoms with van der Waals surface area (Å²) in [5.41, 5.74) is 0.519. The zero-order valence-corrected chi connectivity index (χ0v) is 15.5. The molecule has 0 atom stereocenters. The third kappa shape index (κ3) is 4.51. The molecule has 26 heavy (non-hydrogen) atoms. The van der Waals surface area contributed by atoms with Crippen molar-refractivity contribution in [2.75, 3.05) is 32.8 Å². The SMILES string of the molecule is O=C(COc1ccc(Cl)cc1Cl)N1CCCN(C(=O)c2ccoc2)CC1. The molecule has 0 saturated carbocycles. The summed E-state index contributed by atoms with van der Waals surface area (Å²) in [7, 11) is 0. The average molecular weight is 397 g/mol. The van der Waals surface area contributed by atoms with Gasteiger partial charge in [-0.1, -0.05) is 23.2 Å². The average Bonchev–Trinajstić information content (AvgIpc) is 3.04. The maximum atomic E-state index is 12.4. The molecule has 0 spiro atoms. The molecule has 138 valence electrons. The van der Waals surface area contributed by atoms with Gasteiger partial charge in [-0.2, -0.15) is 0 Å². The number of carbonyl (C=O) groups excluding carboxylic acids is 2. The van der Waals surface area contributed by atoms with Crippen LogP contribution in [0.4, 0.5) is 0 Å². The Morgan fingerprint density at radius 2 is 1.85 bits per heavy atom. The Hall–Kier alpha value is -2.18. The molecule has 8 heteroatoms. The summed E-state index contributed by atoms with van der Waals surface area (Å²) < 4.78 is 10.5. The second kappa shape index (κ2) is 8.47. The predicted molar refractivity (Wildman–Crippen MR) is 97.8 cm³/mol. The number of carbonyl (C=O) groups is 2. The van der Waals surface area contributed by atoms with E-state index in [4.69, 9.17) is 32.4 Å². The van der Waals surface area contributed by atoms with E-state index in [1.807, 2.05) is 0 Å². The summed E-state index contributed by atoms with van der Waals surface area (Å²) in [5.74, 6) is 0.182. The first-order valence-electron chi connectivity index (χ1n) is 8.21. The molecule has 1 saturated heterocycles. The van der Waals surface area contributed by atoms with Gasteiger partial charge >= 0.3 is 0 Å². The summed E-state index contributed by atoms with van der Waals surface area (Å²) in [6.45, 7) is 1.98. The van der Waals surface area contributed by atoms with Gasteiger partial charge in [0.2, 0.25) is 0 Å². The standard InChI is InChI=1S/C18H18Cl2N2O4/c19-14-2-3-16(15(20)10-14)26-12-17(23)21-5-1-6-22(8-7-21)18(24)13-4-9-25-11-13/h2-4,9-11H,1,5-8,12H2. The van der Waals surface area contributed by atoms with Crippen molar-refractivity contribution < 1.29 is 18.7 Å². The number of benzene rings is 1. The highest BCUT2D eigenvalue weighted by atomic mass is 35.5. The van der Waals surface area contributed by atoms with Crippen LogP contribution in [0.15, 0.2) is 41.2 Å². The fourth-order valence-corrected chi connectivity index (χ4v) is 3.22. The maximum absolute atomic E-state index is 12.4. The van der Waals surface area contributed by atoms with Gasteiger partial charge in [0.1, 0.15) is 12.0 Å². The Kier molecular flexibility index (Phi) is 6.06. The molecule has 0 N–H and O–H groups in total. The second-order valence-corrected chi connectivity index (χ2v) is 6.75. The van der Waals surface area contributed by atoms with E-state index in [1.54, 1.807) is 34.1 Å². The lowest BCUT2D eigenvalue weighted by Crippen LogP contribution is -2.39. The zero-order valence-electron chi connectivity index (χ0n) is 14.0. The Labute approximate surface area is 161 Å². The molecule has 0 unspecified atom stereocenters. The number of furan rings is 1. The van der Waals surface area contributed by atoms with Crippen molar-refractivity contribution in [3.63, 3.8) is 0 Å². The fraction of sp³-hybridized carbons (Fsp3) is 0.333. The molecule has 2 amide bonds. The van der Waals surface area contributed by atoms with Gasteiger partial charge in [0, 0.05) is 31.2 Å². The van der Waals surface area contributed by atoms with Crippen LogP contribution >= 0.6 is 23.2 Å². The molecule has 1 aromatic carbocycles. The van der Waals surface area contributed by atoms with Crippen LogP contribution in [0.1, 0.15) is 16.8 Å². The van der Waals surface area contributed by atoms with Gasteiger partial charge in [-0.05, 0) is 30.7 Å². The number of amides is 2. The lowest BCUT2D eigenvalue weighted by atomic mass is 10.3. The van der Waals surface area contributed by atoms with Crippen molar-refractivity contribution in [1.82, 2.24) is 9.80 Å². The molecule has 1 aromatic heterocycles.